The van der Waals surface area contributed by atoms with Crippen molar-refractivity contribution in [3.63, 3.8) is 0 Å². The van der Waals surface area contributed by atoms with Gasteiger partial charge >= 0.3 is 0 Å². The van der Waals surface area contributed by atoms with Gasteiger partial charge in [0.2, 0.25) is 5.91 Å². The molecule has 0 N–H and O–H groups in total. The number of thiophene rings is 1. The molecule has 1 aliphatic rings. The van der Waals surface area contributed by atoms with Gasteiger partial charge in [0.05, 0.1) is 11.4 Å². The van der Waals surface area contributed by atoms with Gasteiger partial charge in [0.15, 0.2) is 5.82 Å². The van der Waals surface area contributed by atoms with Crippen molar-refractivity contribution in [1.82, 2.24) is 19.8 Å². The minimum Gasteiger partial charge on any atom is -0.353 e. The van der Waals surface area contributed by atoms with Crippen molar-refractivity contribution in [2.45, 2.75) is 0 Å². The van der Waals surface area contributed by atoms with Crippen LogP contribution in [0.5, 0.6) is 0 Å². The number of carbonyl (C=O) groups is 2. The maximum absolute atomic E-state index is 12.7. The SMILES string of the molecule is CN(CC(=O)N1CCN(c2ccnc(-c3ccccc3)n2)CC1)C(=O)c1cccs1. The number of rotatable bonds is 5. The molecule has 1 aliphatic heterocycles. The van der Waals surface area contributed by atoms with Gasteiger partial charge in [-0.2, -0.15) is 0 Å². The van der Waals surface area contributed by atoms with Gasteiger partial charge in [-0.05, 0) is 17.5 Å². The first-order valence-corrected chi connectivity index (χ1v) is 10.7. The average Bonchev–Trinajstić information content (AvgIpc) is 3.34. The van der Waals surface area contributed by atoms with E-state index in [1.165, 1.54) is 16.2 Å². The van der Waals surface area contributed by atoms with Crippen LogP contribution in [0.15, 0.2) is 60.1 Å². The van der Waals surface area contributed by atoms with Crippen molar-refractivity contribution < 1.29 is 9.59 Å². The molecule has 1 fully saturated rings. The molecule has 0 bridgehead atoms. The van der Waals surface area contributed by atoms with E-state index < -0.39 is 0 Å². The molecule has 1 saturated heterocycles. The zero-order valence-electron chi connectivity index (χ0n) is 16.8. The Morgan fingerprint density at radius 2 is 1.80 bits per heavy atom. The van der Waals surface area contributed by atoms with Crippen LogP contribution >= 0.6 is 11.3 Å². The first-order valence-electron chi connectivity index (χ1n) is 9.82. The second kappa shape index (κ2) is 9.04. The monoisotopic (exact) mass is 421 g/mol. The molecule has 2 amide bonds. The molecular weight excluding hydrogens is 398 g/mol. The Balaban J connectivity index is 1.34. The summed E-state index contributed by atoms with van der Waals surface area (Å²) >= 11 is 1.38. The number of hydrogen-bond donors (Lipinski definition) is 0. The van der Waals surface area contributed by atoms with Crippen LogP contribution < -0.4 is 4.90 Å². The van der Waals surface area contributed by atoms with Gasteiger partial charge in [-0.3, -0.25) is 9.59 Å². The van der Waals surface area contributed by atoms with Crippen molar-refractivity contribution >= 4 is 29.0 Å². The van der Waals surface area contributed by atoms with E-state index in [0.29, 0.717) is 36.9 Å². The van der Waals surface area contributed by atoms with Crippen LogP contribution in [0.3, 0.4) is 0 Å². The smallest absolute Gasteiger partial charge is 0.264 e. The highest BCUT2D eigenvalue weighted by molar-refractivity contribution is 7.12. The Hall–Kier alpha value is -3.26. The zero-order chi connectivity index (χ0) is 20.9. The predicted octanol–water partition coefficient (Wildman–Crippen LogP) is 2.63. The number of anilines is 1. The fourth-order valence-corrected chi connectivity index (χ4v) is 4.12. The summed E-state index contributed by atoms with van der Waals surface area (Å²) in [5.41, 5.74) is 0.978. The fraction of sp³-hybridized carbons (Fsp3) is 0.273. The molecule has 154 valence electrons. The molecule has 3 aromatic rings. The van der Waals surface area contributed by atoms with E-state index >= 15 is 0 Å². The Morgan fingerprint density at radius 3 is 2.50 bits per heavy atom. The molecule has 0 unspecified atom stereocenters. The second-order valence-corrected chi connectivity index (χ2v) is 8.06. The predicted molar refractivity (Wildman–Crippen MR) is 118 cm³/mol. The highest BCUT2D eigenvalue weighted by Gasteiger charge is 2.24. The van der Waals surface area contributed by atoms with Crippen LogP contribution in [-0.2, 0) is 4.79 Å². The maximum Gasteiger partial charge on any atom is 0.264 e. The third-order valence-electron chi connectivity index (χ3n) is 5.08. The standard InChI is InChI=1S/C22H23N5O2S/c1-25(22(29)18-8-5-15-30-18)16-20(28)27-13-11-26(12-14-27)19-9-10-23-21(24-19)17-6-3-2-4-7-17/h2-10,15H,11-14,16H2,1H3. The average molecular weight is 422 g/mol. The number of benzene rings is 1. The van der Waals surface area contributed by atoms with E-state index in [1.54, 1.807) is 19.3 Å². The van der Waals surface area contributed by atoms with Gasteiger partial charge in [-0.1, -0.05) is 36.4 Å². The second-order valence-electron chi connectivity index (χ2n) is 7.11. The summed E-state index contributed by atoms with van der Waals surface area (Å²) < 4.78 is 0. The van der Waals surface area contributed by atoms with Crippen molar-refractivity contribution in [2.75, 3.05) is 44.7 Å². The summed E-state index contributed by atoms with van der Waals surface area (Å²) in [5, 5.41) is 1.86. The highest BCUT2D eigenvalue weighted by Crippen LogP contribution is 2.19. The van der Waals surface area contributed by atoms with Crippen LogP contribution in [0.1, 0.15) is 9.67 Å². The fourth-order valence-electron chi connectivity index (χ4n) is 3.40. The van der Waals surface area contributed by atoms with Crippen LogP contribution in [0.4, 0.5) is 5.82 Å². The molecule has 0 atom stereocenters. The topological polar surface area (TPSA) is 69.6 Å². The molecule has 0 spiro atoms. The molecule has 3 heterocycles. The van der Waals surface area contributed by atoms with E-state index in [2.05, 4.69) is 9.88 Å². The van der Waals surface area contributed by atoms with E-state index in [9.17, 15) is 9.59 Å². The number of carbonyl (C=O) groups excluding carboxylic acids is 2. The third-order valence-corrected chi connectivity index (χ3v) is 5.94. The van der Waals surface area contributed by atoms with E-state index in [4.69, 9.17) is 4.98 Å². The lowest BCUT2D eigenvalue weighted by Gasteiger charge is -2.36. The van der Waals surface area contributed by atoms with Gasteiger partial charge in [0, 0.05) is 45.0 Å². The number of likely N-dealkylation sites (N-methyl/N-ethyl adjacent to an activating group) is 1. The largest absolute Gasteiger partial charge is 0.353 e. The molecular formula is C22H23N5O2S. The van der Waals surface area contributed by atoms with E-state index in [-0.39, 0.29) is 18.4 Å². The number of hydrogen-bond acceptors (Lipinski definition) is 6. The summed E-state index contributed by atoms with van der Waals surface area (Å²) in [6, 6.07) is 15.4. The molecule has 4 rings (SSSR count). The first-order chi connectivity index (χ1) is 14.6. The summed E-state index contributed by atoms with van der Waals surface area (Å²) in [7, 11) is 1.67. The van der Waals surface area contributed by atoms with Crippen LogP contribution in [0, 0.1) is 0 Å². The van der Waals surface area contributed by atoms with Crippen LogP contribution in [-0.4, -0.2) is 71.4 Å². The molecule has 0 aliphatic carbocycles. The summed E-state index contributed by atoms with van der Waals surface area (Å²) in [4.78, 5) is 40.2. The summed E-state index contributed by atoms with van der Waals surface area (Å²) in [5.74, 6) is 1.40. The lowest BCUT2D eigenvalue weighted by Crippen LogP contribution is -2.51. The number of amides is 2. The highest BCUT2D eigenvalue weighted by atomic mass is 32.1. The Bertz CT molecular complexity index is 1000. The number of nitrogens with zero attached hydrogens (tertiary/aromatic N) is 5. The molecule has 8 heteroatoms. The number of piperazine rings is 1. The molecule has 30 heavy (non-hydrogen) atoms. The lowest BCUT2D eigenvalue weighted by molar-refractivity contribution is -0.131. The Labute approximate surface area is 179 Å². The molecule has 1 aromatic carbocycles. The lowest BCUT2D eigenvalue weighted by atomic mass is 10.2. The summed E-state index contributed by atoms with van der Waals surface area (Å²) in [6.07, 6.45) is 1.77. The van der Waals surface area contributed by atoms with Gasteiger partial charge in [-0.15, -0.1) is 11.3 Å². The zero-order valence-corrected chi connectivity index (χ0v) is 17.6. The molecule has 0 saturated carbocycles. The summed E-state index contributed by atoms with van der Waals surface area (Å²) in [6.45, 7) is 2.68. The molecule has 0 radical (unpaired) electrons. The Kier molecular flexibility index (Phi) is 6.04. The quantitative estimate of drug-likeness (QED) is 0.633. The molecule has 2 aromatic heterocycles. The third kappa shape index (κ3) is 4.49. The van der Waals surface area contributed by atoms with E-state index in [0.717, 1.165) is 11.4 Å². The minimum absolute atomic E-state index is 0.0327. The van der Waals surface area contributed by atoms with Crippen LogP contribution in [0.25, 0.3) is 11.4 Å². The minimum atomic E-state index is -0.119. The first kappa shape index (κ1) is 20.0. The van der Waals surface area contributed by atoms with Crippen molar-refractivity contribution in [3.05, 3.63) is 65.0 Å². The van der Waals surface area contributed by atoms with Gasteiger partial charge in [-0.25, -0.2) is 9.97 Å². The Morgan fingerprint density at radius 1 is 1.03 bits per heavy atom. The van der Waals surface area contributed by atoms with E-state index in [1.807, 2.05) is 52.7 Å². The maximum atomic E-state index is 12.7. The van der Waals surface area contributed by atoms with Crippen LogP contribution in [0.2, 0.25) is 0 Å². The molecule has 7 nitrogen and oxygen atoms in total. The van der Waals surface area contributed by atoms with Crippen molar-refractivity contribution in [2.24, 2.45) is 0 Å². The van der Waals surface area contributed by atoms with Gasteiger partial charge in [0.1, 0.15) is 5.82 Å². The number of aromatic nitrogens is 2. The normalized spacial score (nSPS) is 13.9. The van der Waals surface area contributed by atoms with Crippen molar-refractivity contribution in [1.29, 1.82) is 0 Å². The van der Waals surface area contributed by atoms with Gasteiger partial charge in [0.25, 0.3) is 5.91 Å². The van der Waals surface area contributed by atoms with Gasteiger partial charge < -0.3 is 14.7 Å². The van der Waals surface area contributed by atoms with Crippen molar-refractivity contribution in [3.8, 4) is 11.4 Å².